The molecule has 1 heterocycles. The van der Waals surface area contributed by atoms with Gasteiger partial charge >= 0.3 is 0 Å². The third kappa shape index (κ3) is 3.20. The van der Waals surface area contributed by atoms with Gasteiger partial charge in [0.05, 0.1) is 6.26 Å². The van der Waals surface area contributed by atoms with Crippen molar-refractivity contribution in [1.29, 1.82) is 0 Å². The Morgan fingerprint density at radius 1 is 1.29 bits per heavy atom. The van der Waals surface area contributed by atoms with Crippen molar-refractivity contribution in [2.45, 2.75) is 19.4 Å². The van der Waals surface area contributed by atoms with Crippen molar-refractivity contribution < 1.29 is 4.42 Å². The van der Waals surface area contributed by atoms with Crippen LogP contribution < -0.4 is 5.32 Å². The van der Waals surface area contributed by atoms with Gasteiger partial charge < -0.3 is 9.73 Å². The number of nitrogens with one attached hydrogen (secondary N) is 1. The Morgan fingerprint density at radius 3 is 2.53 bits per heavy atom. The number of aryl methyl sites for hydroxylation is 1. The van der Waals surface area contributed by atoms with Gasteiger partial charge in [0.1, 0.15) is 5.76 Å². The van der Waals surface area contributed by atoms with Crippen LogP contribution in [-0.4, -0.2) is 7.05 Å². The van der Waals surface area contributed by atoms with Crippen LogP contribution in [0.15, 0.2) is 45.5 Å². The first-order chi connectivity index (χ1) is 8.19. The fraction of sp³-hybridized carbons (Fsp3) is 0.286. The van der Waals surface area contributed by atoms with E-state index in [1.165, 1.54) is 11.1 Å². The molecule has 0 saturated carbocycles. The lowest BCUT2D eigenvalue weighted by molar-refractivity contribution is 0.520. The summed E-state index contributed by atoms with van der Waals surface area (Å²) < 4.78 is 6.47. The summed E-state index contributed by atoms with van der Waals surface area (Å²) in [4.78, 5) is 0. The van der Waals surface area contributed by atoms with E-state index in [1.807, 2.05) is 20.2 Å². The first-order valence-electron chi connectivity index (χ1n) is 5.66. The zero-order valence-electron chi connectivity index (χ0n) is 10.0. The predicted molar refractivity (Wildman–Crippen MR) is 73.1 cm³/mol. The third-order valence-corrected chi connectivity index (χ3v) is 3.38. The molecule has 0 aliphatic rings. The average Bonchev–Trinajstić information content (AvgIpc) is 2.75. The van der Waals surface area contributed by atoms with Gasteiger partial charge in [0.2, 0.25) is 0 Å². The van der Waals surface area contributed by atoms with E-state index in [1.54, 1.807) is 0 Å². The minimum atomic E-state index is 0.300. The van der Waals surface area contributed by atoms with Crippen LogP contribution in [0.3, 0.4) is 0 Å². The average molecular weight is 294 g/mol. The molecule has 0 fully saturated rings. The summed E-state index contributed by atoms with van der Waals surface area (Å²) >= 11 is 3.45. The Kier molecular flexibility index (Phi) is 4.02. The van der Waals surface area contributed by atoms with Crippen molar-refractivity contribution in [3.05, 3.63) is 58.0 Å². The molecule has 2 nitrogen and oxygen atoms in total. The Morgan fingerprint density at radius 2 is 2.00 bits per heavy atom. The van der Waals surface area contributed by atoms with Crippen LogP contribution in [0.2, 0.25) is 0 Å². The fourth-order valence-electron chi connectivity index (χ4n) is 1.89. The molecule has 0 aliphatic carbocycles. The van der Waals surface area contributed by atoms with E-state index >= 15 is 0 Å². The van der Waals surface area contributed by atoms with E-state index < -0.39 is 0 Å². The molecule has 17 heavy (non-hydrogen) atoms. The van der Waals surface area contributed by atoms with Crippen molar-refractivity contribution in [3.63, 3.8) is 0 Å². The summed E-state index contributed by atoms with van der Waals surface area (Å²) in [6.45, 7) is 1.97. The quantitative estimate of drug-likeness (QED) is 0.926. The molecule has 1 aromatic carbocycles. The maximum Gasteiger partial charge on any atom is 0.101 e. The molecule has 0 amide bonds. The van der Waals surface area contributed by atoms with Crippen molar-refractivity contribution in [3.8, 4) is 0 Å². The summed E-state index contributed by atoms with van der Waals surface area (Å²) in [5.74, 6) is 0.955. The van der Waals surface area contributed by atoms with Crippen LogP contribution in [0.5, 0.6) is 0 Å². The number of halogens is 1. The first-order valence-corrected chi connectivity index (χ1v) is 6.45. The summed E-state index contributed by atoms with van der Waals surface area (Å²) in [6, 6.07) is 10.8. The molecule has 0 bridgehead atoms. The van der Waals surface area contributed by atoms with Crippen molar-refractivity contribution in [1.82, 2.24) is 5.32 Å². The zero-order valence-corrected chi connectivity index (χ0v) is 11.6. The van der Waals surface area contributed by atoms with Gasteiger partial charge in [0.15, 0.2) is 0 Å². The minimum Gasteiger partial charge on any atom is -0.469 e. The number of hydrogen-bond donors (Lipinski definition) is 1. The van der Waals surface area contributed by atoms with Gasteiger partial charge in [-0.05, 0) is 44.2 Å². The molecule has 90 valence electrons. The Labute approximate surface area is 110 Å². The topological polar surface area (TPSA) is 25.2 Å². The molecule has 1 unspecified atom stereocenters. The molecular formula is C14H16BrNO. The zero-order chi connectivity index (χ0) is 12.3. The number of benzene rings is 1. The van der Waals surface area contributed by atoms with E-state index in [4.69, 9.17) is 4.42 Å². The van der Waals surface area contributed by atoms with Crippen molar-refractivity contribution in [2.24, 2.45) is 0 Å². The van der Waals surface area contributed by atoms with Gasteiger partial charge in [0.25, 0.3) is 0 Å². The minimum absolute atomic E-state index is 0.300. The molecule has 2 aromatic rings. The molecular weight excluding hydrogens is 278 g/mol. The second-order valence-corrected chi connectivity index (χ2v) is 5.08. The van der Waals surface area contributed by atoms with Crippen LogP contribution in [0.4, 0.5) is 0 Å². The van der Waals surface area contributed by atoms with Gasteiger partial charge in [-0.25, -0.2) is 0 Å². The van der Waals surface area contributed by atoms with E-state index in [-0.39, 0.29) is 0 Å². The van der Waals surface area contributed by atoms with Gasteiger partial charge in [-0.3, -0.25) is 0 Å². The van der Waals surface area contributed by atoms with Crippen molar-refractivity contribution >= 4 is 15.9 Å². The van der Waals surface area contributed by atoms with Crippen LogP contribution in [0.25, 0.3) is 0 Å². The lowest BCUT2D eigenvalue weighted by atomic mass is 10.0. The number of furan rings is 1. The number of likely N-dealkylation sites (N-methyl/N-ethyl adjacent to an activating group) is 1. The van der Waals surface area contributed by atoms with E-state index in [9.17, 15) is 0 Å². The molecule has 3 heteroatoms. The second kappa shape index (κ2) is 5.52. The molecule has 0 spiro atoms. The van der Waals surface area contributed by atoms with Gasteiger partial charge in [-0.15, -0.1) is 0 Å². The number of hydrogen-bond acceptors (Lipinski definition) is 2. The molecule has 0 saturated heterocycles. The second-order valence-electron chi connectivity index (χ2n) is 4.16. The standard InChI is InChI=1S/C14H16BrNO/c1-10-7-12(9-17-10)14(16-2)8-11-3-5-13(15)6-4-11/h3-7,9,14,16H,8H2,1-2H3. The maximum atomic E-state index is 5.36. The SMILES string of the molecule is CNC(Cc1ccc(Br)cc1)c1coc(C)c1. The van der Waals surface area contributed by atoms with E-state index in [0.717, 1.165) is 16.7 Å². The molecule has 1 N–H and O–H groups in total. The normalized spacial score (nSPS) is 12.6. The maximum absolute atomic E-state index is 5.36. The Hall–Kier alpha value is -1.06. The van der Waals surface area contributed by atoms with Gasteiger partial charge in [-0.2, -0.15) is 0 Å². The highest BCUT2D eigenvalue weighted by molar-refractivity contribution is 9.10. The Bertz CT molecular complexity index is 475. The highest BCUT2D eigenvalue weighted by Crippen LogP contribution is 2.21. The number of rotatable bonds is 4. The van der Waals surface area contributed by atoms with E-state index in [0.29, 0.717) is 6.04 Å². The molecule has 2 rings (SSSR count). The van der Waals surface area contributed by atoms with Crippen LogP contribution in [0.1, 0.15) is 22.9 Å². The lowest BCUT2D eigenvalue weighted by Crippen LogP contribution is -2.18. The van der Waals surface area contributed by atoms with Crippen molar-refractivity contribution in [2.75, 3.05) is 7.05 Å². The highest BCUT2D eigenvalue weighted by Gasteiger charge is 2.12. The molecule has 0 radical (unpaired) electrons. The summed E-state index contributed by atoms with van der Waals surface area (Å²) in [5.41, 5.74) is 2.51. The summed E-state index contributed by atoms with van der Waals surface area (Å²) in [6.07, 6.45) is 2.79. The smallest absolute Gasteiger partial charge is 0.101 e. The van der Waals surface area contributed by atoms with Crippen LogP contribution in [-0.2, 0) is 6.42 Å². The summed E-state index contributed by atoms with van der Waals surface area (Å²) in [7, 11) is 1.98. The summed E-state index contributed by atoms with van der Waals surface area (Å²) in [5, 5.41) is 3.32. The fourth-order valence-corrected chi connectivity index (χ4v) is 2.15. The lowest BCUT2D eigenvalue weighted by Gasteiger charge is -2.14. The molecule has 1 atom stereocenters. The predicted octanol–water partition coefficient (Wildman–Crippen LogP) is 3.85. The Balaban J connectivity index is 2.12. The highest BCUT2D eigenvalue weighted by atomic mass is 79.9. The van der Waals surface area contributed by atoms with Crippen LogP contribution in [0, 0.1) is 6.92 Å². The monoisotopic (exact) mass is 293 g/mol. The van der Waals surface area contributed by atoms with Gasteiger partial charge in [0, 0.05) is 16.1 Å². The van der Waals surface area contributed by atoms with Gasteiger partial charge in [-0.1, -0.05) is 28.1 Å². The third-order valence-electron chi connectivity index (χ3n) is 2.85. The largest absolute Gasteiger partial charge is 0.469 e. The van der Waals surface area contributed by atoms with Crippen LogP contribution >= 0.6 is 15.9 Å². The molecule has 1 aromatic heterocycles. The van der Waals surface area contributed by atoms with E-state index in [2.05, 4.69) is 51.6 Å². The molecule has 0 aliphatic heterocycles. The first kappa shape index (κ1) is 12.4.